The van der Waals surface area contributed by atoms with Gasteiger partial charge in [-0.25, -0.2) is 0 Å². The molecule has 0 N–H and O–H groups in total. The van der Waals surface area contributed by atoms with Crippen LogP contribution < -0.4 is 9.47 Å². The van der Waals surface area contributed by atoms with E-state index in [0.717, 1.165) is 22.6 Å². The van der Waals surface area contributed by atoms with Crippen molar-refractivity contribution in [2.75, 3.05) is 0 Å². The molecule has 0 spiro atoms. The maximum atomic E-state index is 5.86. The number of ether oxygens (including phenoxy) is 2. The largest absolute Gasteiger partial charge is 0.464 e. The lowest BCUT2D eigenvalue weighted by Gasteiger charge is -2.26. The van der Waals surface area contributed by atoms with Crippen molar-refractivity contribution in [2.24, 2.45) is 0 Å². The SMILES string of the molecule is CC1=COc2c(C)cc3c4c(c(C)cc1c24)OC=C3C. The Morgan fingerprint density at radius 3 is 1.45 bits per heavy atom. The molecule has 0 saturated heterocycles. The zero-order valence-corrected chi connectivity index (χ0v) is 12.1. The van der Waals surface area contributed by atoms with Gasteiger partial charge in [-0.05, 0) is 73.2 Å². The van der Waals surface area contributed by atoms with Crippen LogP contribution in [0.3, 0.4) is 0 Å². The summed E-state index contributed by atoms with van der Waals surface area (Å²) in [5, 5.41) is 2.38. The van der Waals surface area contributed by atoms with Crippen LogP contribution in [0, 0.1) is 13.8 Å². The summed E-state index contributed by atoms with van der Waals surface area (Å²) in [5.74, 6) is 1.92. The van der Waals surface area contributed by atoms with Gasteiger partial charge in [-0.1, -0.05) is 0 Å². The molecule has 2 aliphatic heterocycles. The van der Waals surface area contributed by atoms with Crippen LogP contribution in [0.25, 0.3) is 21.9 Å². The minimum absolute atomic E-state index is 0.962. The van der Waals surface area contributed by atoms with Crippen LogP contribution in [0.15, 0.2) is 24.7 Å². The second kappa shape index (κ2) is 3.66. The average molecular weight is 264 g/mol. The second-order valence-corrected chi connectivity index (χ2v) is 5.73. The maximum Gasteiger partial charge on any atom is 0.138 e. The van der Waals surface area contributed by atoms with E-state index >= 15 is 0 Å². The fourth-order valence-corrected chi connectivity index (χ4v) is 3.19. The van der Waals surface area contributed by atoms with Gasteiger partial charge in [0.1, 0.15) is 11.5 Å². The maximum absolute atomic E-state index is 5.86. The summed E-state index contributed by atoms with van der Waals surface area (Å²) >= 11 is 0. The first-order chi connectivity index (χ1) is 9.58. The Labute approximate surface area is 118 Å². The Kier molecular flexibility index (Phi) is 2.12. The van der Waals surface area contributed by atoms with E-state index in [-0.39, 0.29) is 0 Å². The Morgan fingerprint density at radius 2 is 1.05 bits per heavy atom. The molecule has 20 heavy (non-hydrogen) atoms. The summed E-state index contributed by atoms with van der Waals surface area (Å²) in [7, 11) is 0. The van der Waals surface area contributed by atoms with Crippen LogP contribution in [0.2, 0.25) is 0 Å². The van der Waals surface area contributed by atoms with Gasteiger partial charge in [0.05, 0.1) is 12.5 Å². The number of rotatable bonds is 0. The molecule has 0 saturated carbocycles. The summed E-state index contributed by atoms with van der Waals surface area (Å²) in [5.41, 5.74) is 7.17. The van der Waals surface area contributed by atoms with Gasteiger partial charge in [0.2, 0.25) is 0 Å². The van der Waals surface area contributed by atoms with Gasteiger partial charge in [-0.2, -0.15) is 0 Å². The lowest BCUT2D eigenvalue weighted by Crippen LogP contribution is -2.06. The summed E-state index contributed by atoms with van der Waals surface area (Å²) < 4.78 is 11.7. The Bertz CT molecular complexity index is 767. The van der Waals surface area contributed by atoms with Crippen molar-refractivity contribution in [1.82, 2.24) is 0 Å². The summed E-state index contributed by atoms with van der Waals surface area (Å²) in [6.45, 7) is 8.39. The second-order valence-electron chi connectivity index (χ2n) is 5.73. The lowest BCUT2D eigenvalue weighted by molar-refractivity contribution is 0.474. The molecule has 0 aromatic heterocycles. The molecule has 0 bridgehead atoms. The molecule has 2 heterocycles. The molecular weight excluding hydrogens is 248 g/mol. The molecule has 2 aromatic carbocycles. The molecule has 100 valence electrons. The first-order valence-corrected chi connectivity index (χ1v) is 6.86. The van der Waals surface area contributed by atoms with Gasteiger partial charge in [0.25, 0.3) is 0 Å². The average Bonchev–Trinajstić information content (AvgIpc) is 2.42. The Balaban J connectivity index is 2.30. The van der Waals surface area contributed by atoms with E-state index in [9.17, 15) is 0 Å². The van der Waals surface area contributed by atoms with Crippen LogP contribution >= 0.6 is 0 Å². The third kappa shape index (κ3) is 1.29. The molecule has 2 nitrogen and oxygen atoms in total. The highest BCUT2D eigenvalue weighted by molar-refractivity contribution is 6.09. The van der Waals surface area contributed by atoms with Crippen LogP contribution in [0.5, 0.6) is 11.5 Å². The highest BCUT2D eigenvalue weighted by Crippen LogP contribution is 2.48. The lowest BCUT2D eigenvalue weighted by atomic mass is 9.87. The van der Waals surface area contributed by atoms with Crippen molar-refractivity contribution in [3.63, 3.8) is 0 Å². The molecule has 0 unspecified atom stereocenters. The van der Waals surface area contributed by atoms with Gasteiger partial charge in [-0.3, -0.25) is 0 Å². The fraction of sp³-hybridized carbons (Fsp3) is 0.222. The van der Waals surface area contributed by atoms with E-state index in [1.54, 1.807) is 0 Å². The highest BCUT2D eigenvalue weighted by atomic mass is 16.5. The van der Waals surface area contributed by atoms with E-state index < -0.39 is 0 Å². The molecule has 2 aromatic rings. The molecule has 0 aliphatic carbocycles. The minimum Gasteiger partial charge on any atom is -0.464 e. The Hall–Kier alpha value is -2.22. The normalized spacial score (nSPS) is 15.4. The van der Waals surface area contributed by atoms with Crippen LogP contribution in [0.1, 0.15) is 36.1 Å². The quantitative estimate of drug-likeness (QED) is 0.669. The molecule has 0 radical (unpaired) electrons. The van der Waals surface area contributed by atoms with E-state index in [1.165, 1.54) is 33.0 Å². The summed E-state index contributed by atoms with van der Waals surface area (Å²) in [6, 6.07) is 4.40. The fourth-order valence-electron chi connectivity index (χ4n) is 3.19. The van der Waals surface area contributed by atoms with Crippen LogP contribution in [-0.4, -0.2) is 0 Å². The van der Waals surface area contributed by atoms with Crippen molar-refractivity contribution in [3.8, 4) is 11.5 Å². The molecule has 2 heteroatoms. The standard InChI is InChI=1S/C18H16O2/c1-9-5-13-11(3)8-20-18-10(2)6-14-12(4)7-19-17(9)15(14)16(13)18/h5-8H,1-4H3. The molecule has 0 amide bonds. The van der Waals surface area contributed by atoms with Gasteiger partial charge in [-0.15, -0.1) is 0 Å². The molecular formula is C18H16O2. The van der Waals surface area contributed by atoms with Crippen molar-refractivity contribution in [1.29, 1.82) is 0 Å². The smallest absolute Gasteiger partial charge is 0.138 e. The number of hydrogen-bond donors (Lipinski definition) is 0. The third-order valence-corrected chi connectivity index (χ3v) is 4.24. The minimum atomic E-state index is 0.962. The van der Waals surface area contributed by atoms with Gasteiger partial charge in [0.15, 0.2) is 0 Å². The number of benzene rings is 2. The predicted molar refractivity (Wildman–Crippen MR) is 82.0 cm³/mol. The monoisotopic (exact) mass is 264 g/mol. The highest BCUT2D eigenvalue weighted by Gasteiger charge is 2.25. The first kappa shape index (κ1) is 11.6. The van der Waals surface area contributed by atoms with Crippen molar-refractivity contribution in [3.05, 3.63) is 46.9 Å². The van der Waals surface area contributed by atoms with Crippen molar-refractivity contribution >= 4 is 21.9 Å². The van der Waals surface area contributed by atoms with Gasteiger partial charge in [0, 0.05) is 10.8 Å². The predicted octanol–water partition coefficient (Wildman–Crippen LogP) is 4.96. The van der Waals surface area contributed by atoms with E-state index in [1.807, 2.05) is 12.5 Å². The van der Waals surface area contributed by atoms with Crippen molar-refractivity contribution < 1.29 is 9.47 Å². The molecule has 4 rings (SSSR count). The number of hydrogen-bond acceptors (Lipinski definition) is 2. The van der Waals surface area contributed by atoms with Crippen molar-refractivity contribution in [2.45, 2.75) is 27.7 Å². The molecule has 0 atom stereocenters. The summed E-state index contributed by atoms with van der Waals surface area (Å²) in [4.78, 5) is 0. The molecule has 2 aliphatic rings. The van der Waals surface area contributed by atoms with Crippen LogP contribution in [0.4, 0.5) is 0 Å². The van der Waals surface area contributed by atoms with Crippen LogP contribution in [-0.2, 0) is 0 Å². The zero-order chi connectivity index (χ0) is 14.0. The third-order valence-electron chi connectivity index (χ3n) is 4.24. The zero-order valence-electron chi connectivity index (χ0n) is 12.1. The number of allylic oxidation sites excluding steroid dienone is 2. The topological polar surface area (TPSA) is 18.5 Å². The van der Waals surface area contributed by atoms with Gasteiger partial charge >= 0.3 is 0 Å². The van der Waals surface area contributed by atoms with E-state index in [0.29, 0.717) is 0 Å². The van der Waals surface area contributed by atoms with E-state index in [2.05, 4.69) is 39.8 Å². The van der Waals surface area contributed by atoms with E-state index in [4.69, 9.17) is 9.47 Å². The first-order valence-electron chi connectivity index (χ1n) is 6.86. The van der Waals surface area contributed by atoms with Gasteiger partial charge < -0.3 is 9.47 Å². The number of aryl methyl sites for hydroxylation is 2. The summed E-state index contributed by atoms with van der Waals surface area (Å²) in [6.07, 6.45) is 3.69. The molecule has 0 fully saturated rings. The Morgan fingerprint density at radius 1 is 0.650 bits per heavy atom.